The number of anilines is 1. The Morgan fingerprint density at radius 2 is 1.89 bits per heavy atom. The van der Waals surface area contributed by atoms with Gasteiger partial charge in [0.25, 0.3) is 11.8 Å². The summed E-state index contributed by atoms with van der Waals surface area (Å²) >= 11 is 0. The van der Waals surface area contributed by atoms with Crippen molar-refractivity contribution in [1.82, 2.24) is 19.6 Å². The molecule has 2 fully saturated rings. The first-order valence-electron chi connectivity index (χ1n) is 13.5. The highest BCUT2D eigenvalue weighted by Crippen LogP contribution is 2.38. The minimum Gasteiger partial charge on any atom is -0.468 e. The van der Waals surface area contributed by atoms with E-state index in [4.69, 9.17) is 15.6 Å². The lowest BCUT2D eigenvalue weighted by molar-refractivity contribution is -0.142. The number of carbonyl (C=O) groups excluding carboxylic acids is 3. The zero-order valence-electron chi connectivity index (χ0n) is 22.7. The van der Waals surface area contributed by atoms with Gasteiger partial charge in [0, 0.05) is 43.3 Å². The summed E-state index contributed by atoms with van der Waals surface area (Å²) in [4.78, 5) is 41.6. The normalized spacial score (nSPS) is 19.8. The Morgan fingerprint density at radius 3 is 2.53 bits per heavy atom. The van der Waals surface area contributed by atoms with E-state index in [1.165, 1.54) is 20.0 Å². The van der Waals surface area contributed by atoms with Crippen LogP contribution in [-0.2, 0) is 16.0 Å². The van der Waals surface area contributed by atoms with Crippen molar-refractivity contribution in [3.63, 3.8) is 0 Å². The summed E-state index contributed by atoms with van der Waals surface area (Å²) in [5, 5.41) is 8.31. The molecule has 1 aromatic heterocycles. The molecular formula is C28H38N6O4. The molecule has 1 aliphatic carbocycles. The Bertz CT molecular complexity index is 1260. The monoisotopic (exact) mass is 522 g/mol. The number of esters is 1. The van der Waals surface area contributed by atoms with Gasteiger partial charge in [-0.1, -0.05) is 0 Å². The van der Waals surface area contributed by atoms with E-state index in [1.54, 1.807) is 6.07 Å². The van der Waals surface area contributed by atoms with E-state index in [-0.39, 0.29) is 30.0 Å². The third-order valence-corrected chi connectivity index (χ3v) is 8.12. The molecule has 0 radical (unpaired) electrons. The Morgan fingerprint density at radius 1 is 1.18 bits per heavy atom. The molecule has 10 heteroatoms. The maximum atomic E-state index is 13.6. The standard InChI is InChI=1S/C28H38N6O4/c1-17-25-23(14-28(2,3)33(27(25)37)15-18-5-6-18)34(31-17)20-7-8-21(26(29)36)22(13-20)30-19-9-11-32(12-10-19)16-24(35)38-4/h7-8,13,18-19,30H,5-6,9-12,14-16H2,1-4H3,(H2,29,36). The second-order valence-corrected chi connectivity index (χ2v) is 11.5. The number of benzene rings is 1. The highest BCUT2D eigenvalue weighted by molar-refractivity contribution is 5.99. The van der Waals surface area contributed by atoms with E-state index in [0.717, 1.165) is 43.9 Å². The number of primary amides is 1. The number of hydrogen-bond donors (Lipinski definition) is 2. The van der Waals surface area contributed by atoms with Gasteiger partial charge in [0.2, 0.25) is 0 Å². The minimum absolute atomic E-state index is 0.0534. The summed E-state index contributed by atoms with van der Waals surface area (Å²) in [5.41, 5.74) is 9.56. The van der Waals surface area contributed by atoms with Crippen LogP contribution in [0, 0.1) is 12.8 Å². The summed E-state index contributed by atoms with van der Waals surface area (Å²) in [6, 6.07) is 5.60. The molecule has 1 saturated carbocycles. The van der Waals surface area contributed by atoms with E-state index < -0.39 is 5.91 Å². The largest absolute Gasteiger partial charge is 0.468 e. The highest BCUT2D eigenvalue weighted by Gasteiger charge is 2.43. The van der Waals surface area contributed by atoms with Gasteiger partial charge in [0.1, 0.15) is 0 Å². The van der Waals surface area contributed by atoms with Gasteiger partial charge in [-0.2, -0.15) is 5.10 Å². The number of nitrogens with zero attached hydrogens (tertiary/aromatic N) is 4. The van der Waals surface area contributed by atoms with Gasteiger partial charge in [-0.15, -0.1) is 0 Å². The lowest BCUT2D eigenvalue weighted by atomic mass is 9.87. The number of fused-ring (bicyclic) bond motifs is 1. The molecule has 3 aliphatic rings. The molecule has 38 heavy (non-hydrogen) atoms. The summed E-state index contributed by atoms with van der Waals surface area (Å²) < 4.78 is 6.63. The SMILES string of the molecule is COC(=O)CN1CCC(Nc2cc(-n3nc(C)c4c3CC(C)(C)N(CC3CC3)C4=O)ccc2C(N)=O)CC1. The van der Waals surface area contributed by atoms with Gasteiger partial charge in [-0.05, 0) is 70.6 Å². The van der Waals surface area contributed by atoms with Gasteiger partial charge in [-0.3, -0.25) is 19.3 Å². The number of ether oxygens (including phenoxy) is 1. The van der Waals surface area contributed by atoms with Gasteiger partial charge in [0.15, 0.2) is 0 Å². The second kappa shape index (κ2) is 10.1. The summed E-state index contributed by atoms with van der Waals surface area (Å²) in [6.45, 7) is 8.71. The Balaban J connectivity index is 1.41. The number of likely N-dealkylation sites (tertiary alicyclic amines) is 1. The van der Waals surface area contributed by atoms with Crippen molar-refractivity contribution in [3.05, 3.63) is 40.7 Å². The lowest BCUT2D eigenvalue weighted by Gasteiger charge is -2.42. The number of amides is 2. The number of piperidine rings is 1. The van der Waals surface area contributed by atoms with Crippen molar-refractivity contribution < 1.29 is 19.1 Å². The molecule has 2 amide bonds. The lowest BCUT2D eigenvalue weighted by Crippen LogP contribution is -2.53. The zero-order valence-corrected chi connectivity index (χ0v) is 22.7. The first-order valence-corrected chi connectivity index (χ1v) is 13.5. The summed E-state index contributed by atoms with van der Waals surface area (Å²) in [6.07, 6.45) is 4.71. The van der Waals surface area contributed by atoms with Crippen LogP contribution in [0.2, 0.25) is 0 Å². The van der Waals surface area contributed by atoms with Crippen molar-refractivity contribution in [2.24, 2.45) is 11.7 Å². The fourth-order valence-corrected chi connectivity index (χ4v) is 5.73. The number of rotatable bonds is 8. The maximum Gasteiger partial charge on any atom is 0.319 e. The molecule has 0 unspecified atom stereocenters. The van der Waals surface area contributed by atoms with Gasteiger partial charge < -0.3 is 20.7 Å². The third kappa shape index (κ3) is 5.14. The number of nitrogens with one attached hydrogen (secondary N) is 1. The molecule has 204 valence electrons. The Kier molecular flexibility index (Phi) is 6.94. The fourth-order valence-electron chi connectivity index (χ4n) is 5.73. The first kappa shape index (κ1) is 26.2. The van der Waals surface area contributed by atoms with Crippen molar-refractivity contribution in [1.29, 1.82) is 0 Å². The van der Waals surface area contributed by atoms with Crippen LogP contribution in [0.3, 0.4) is 0 Å². The molecular weight excluding hydrogens is 484 g/mol. The molecule has 0 atom stereocenters. The summed E-state index contributed by atoms with van der Waals surface area (Å²) in [7, 11) is 1.40. The predicted octanol–water partition coefficient (Wildman–Crippen LogP) is 2.52. The number of methoxy groups -OCH3 is 1. The number of hydrogen-bond acceptors (Lipinski definition) is 7. The van der Waals surface area contributed by atoms with E-state index in [2.05, 4.69) is 24.1 Å². The smallest absolute Gasteiger partial charge is 0.319 e. The molecule has 5 rings (SSSR count). The van der Waals surface area contributed by atoms with Crippen molar-refractivity contribution in [2.75, 3.05) is 38.6 Å². The molecule has 1 saturated heterocycles. The average molecular weight is 523 g/mol. The fraction of sp³-hybridized carbons (Fsp3) is 0.571. The van der Waals surface area contributed by atoms with Crippen LogP contribution in [0.1, 0.15) is 71.6 Å². The number of carbonyl (C=O) groups is 3. The number of aryl methyl sites for hydroxylation is 1. The van der Waals surface area contributed by atoms with Gasteiger partial charge in [0.05, 0.1) is 41.9 Å². The van der Waals surface area contributed by atoms with Gasteiger partial charge in [-0.25, -0.2) is 4.68 Å². The third-order valence-electron chi connectivity index (χ3n) is 8.12. The van der Waals surface area contributed by atoms with Crippen LogP contribution in [0.15, 0.2) is 18.2 Å². The van der Waals surface area contributed by atoms with E-state index in [0.29, 0.717) is 34.8 Å². The van der Waals surface area contributed by atoms with Crippen LogP contribution in [0.25, 0.3) is 5.69 Å². The second-order valence-electron chi connectivity index (χ2n) is 11.5. The molecule has 1 aromatic carbocycles. The molecule has 2 aromatic rings. The van der Waals surface area contributed by atoms with Crippen LogP contribution in [0.4, 0.5) is 5.69 Å². The molecule has 3 N–H and O–H groups in total. The number of aromatic nitrogens is 2. The van der Waals surface area contributed by atoms with Crippen LogP contribution >= 0.6 is 0 Å². The van der Waals surface area contributed by atoms with Crippen LogP contribution in [-0.4, -0.2) is 82.2 Å². The average Bonchev–Trinajstić information content (AvgIpc) is 3.64. The van der Waals surface area contributed by atoms with Crippen molar-refractivity contribution >= 4 is 23.5 Å². The summed E-state index contributed by atoms with van der Waals surface area (Å²) in [5.74, 6) is -0.0849. The van der Waals surface area contributed by atoms with E-state index >= 15 is 0 Å². The van der Waals surface area contributed by atoms with Crippen molar-refractivity contribution in [3.8, 4) is 5.69 Å². The Labute approximate surface area is 223 Å². The molecule has 0 bridgehead atoms. The van der Waals surface area contributed by atoms with Gasteiger partial charge >= 0.3 is 5.97 Å². The predicted molar refractivity (Wildman–Crippen MR) is 143 cm³/mol. The quantitative estimate of drug-likeness (QED) is 0.511. The molecule has 10 nitrogen and oxygen atoms in total. The Hall–Kier alpha value is -3.40. The molecule has 3 heterocycles. The van der Waals surface area contributed by atoms with Crippen LogP contribution in [0.5, 0.6) is 0 Å². The minimum atomic E-state index is -0.507. The number of nitrogens with two attached hydrogens (primary N) is 1. The molecule has 0 spiro atoms. The first-order chi connectivity index (χ1) is 18.1. The maximum absolute atomic E-state index is 13.6. The van der Waals surface area contributed by atoms with Crippen LogP contribution < -0.4 is 11.1 Å². The highest BCUT2D eigenvalue weighted by atomic mass is 16.5. The molecule has 2 aliphatic heterocycles. The zero-order chi connectivity index (χ0) is 27.2. The van der Waals surface area contributed by atoms with E-state index in [9.17, 15) is 14.4 Å². The van der Waals surface area contributed by atoms with Crippen molar-refractivity contribution in [2.45, 2.75) is 64.5 Å². The van der Waals surface area contributed by atoms with E-state index in [1.807, 2.05) is 28.6 Å². The topological polar surface area (TPSA) is 123 Å².